The van der Waals surface area contributed by atoms with Gasteiger partial charge in [0, 0.05) is 41.6 Å². The summed E-state index contributed by atoms with van der Waals surface area (Å²) in [6.07, 6.45) is 6.66. The monoisotopic (exact) mass is 312 g/mol. The Morgan fingerprint density at radius 1 is 1.00 bits per heavy atom. The third kappa shape index (κ3) is 2.03. The van der Waals surface area contributed by atoms with E-state index in [-0.39, 0.29) is 5.28 Å². The third-order valence-electron chi connectivity index (χ3n) is 3.30. The predicted octanol–water partition coefficient (Wildman–Crippen LogP) is 2.63. The van der Waals surface area contributed by atoms with Crippen molar-refractivity contribution >= 4 is 33.5 Å². The van der Waals surface area contributed by atoms with Crippen molar-refractivity contribution in [2.45, 2.75) is 0 Å². The number of hydrogen-bond acceptors (Lipinski definition) is 6. The highest BCUT2D eigenvalue weighted by molar-refractivity contribution is 6.28. The average molecular weight is 313 g/mol. The zero-order valence-electron chi connectivity index (χ0n) is 11.4. The van der Waals surface area contributed by atoms with Crippen LogP contribution in [0.25, 0.3) is 33.3 Å². The fraction of sp³-hybridized carbons (Fsp3) is 0.0714. The van der Waals surface area contributed by atoms with Crippen LogP contribution in [0.1, 0.15) is 0 Å². The number of ether oxygens (including phenoxy) is 1. The Labute approximate surface area is 129 Å². The van der Waals surface area contributed by atoms with Gasteiger partial charge in [0.05, 0.1) is 18.2 Å². The Balaban J connectivity index is 1.90. The molecule has 108 valence electrons. The lowest BCUT2D eigenvalue weighted by molar-refractivity contribution is 0.398. The Bertz CT molecular complexity index is 982. The normalized spacial score (nSPS) is 11.2. The molecule has 22 heavy (non-hydrogen) atoms. The van der Waals surface area contributed by atoms with E-state index in [1.807, 2.05) is 6.07 Å². The van der Waals surface area contributed by atoms with Crippen LogP contribution >= 0.6 is 11.6 Å². The quantitative estimate of drug-likeness (QED) is 0.572. The Kier molecular flexibility index (Phi) is 2.87. The van der Waals surface area contributed by atoms with Gasteiger partial charge in [-0.15, -0.1) is 0 Å². The number of aromatic nitrogens is 6. The summed E-state index contributed by atoms with van der Waals surface area (Å²) in [7, 11) is 1.58. The van der Waals surface area contributed by atoms with E-state index in [2.05, 4.69) is 29.9 Å². The van der Waals surface area contributed by atoms with E-state index in [0.29, 0.717) is 22.9 Å². The number of nitrogens with zero attached hydrogens (tertiary/aromatic N) is 5. The summed E-state index contributed by atoms with van der Waals surface area (Å²) in [5.74, 6) is 1.06. The molecule has 7 nitrogen and oxygen atoms in total. The van der Waals surface area contributed by atoms with Crippen molar-refractivity contribution < 1.29 is 4.74 Å². The molecule has 0 saturated heterocycles. The van der Waals surface area contributed by atoms with Crippen LogP contribution in [0, 0.1) is 0 Å². The molecule has 0 radical (unpaired) electrons. The average Bonchev–Trinajstić information content (AvgIpc) is 2.92. The van der Waals surface area contributed by atoms with Crippen molar-refractivity contribution in [3.8, 4) is 17.3 Å². The first-order chi connectivity index (χ1) is 10.7. The number of hydrogen-bond donors (Lipinski definition) is 1. The van der Waals surface area contributed by atoms with Gasteiger partial charge in [-0.2, -0.15) is 0 Å². The summed E-state index contributed by atoms with van der Waals surface area (Å²) in [5.41, 5.74) is 2.30. The van der Waals surface area contributed by atoms with E-state index < -0.39 is 0 Å². The predicted molar refractivity (Wildman–Crippen MR) is 81.8 cm³/mol. The number of aromatic amines is 1. The maximum atomic E-state index is 5.69. The third-order valence-corrected chi connectivity index (χ3v) is 3.49. The smallest absolute Gasteiger partial charge is 0.222 e. The van der Waals surface area contributed by atoms with E-state index in [1.165, 1.54) is 0 Å². The number of halogens is 1. The molecule has 0 fully saturated rings. The van der Waals surface area contributed by atoms with Gasteiger partial charge in [-0.05, 0) is 11.6 Å². The van der Waals surface area contributed by atoms with Crippen LogP contribution in [0.5, 0.6) is 5.88 Å². The highest BCUT2D eigenvalue weighted by Gasteiger charge is 2.10. The van der Waals surface area contributed by atoms with Gasteiger partial charge >= 0.3 is 0 Å². The first-order valence-corrected chi connectivity index (χ1v) is 6.79. The summed E-state index contributed by atoms with van der Waals surface area (Å²) >= 11 is 5.69. The first kappa shape index (κ1) is 12.9. The van der Waals surface area contributed by atoms with Crippen molar-refractivity contribution in [3.05, 3.63) is 36.1 Å². The molecule has 0 bridgehead atoms. The maximum absolute atomic E-state index is 5.69. The van der Waals surface area contributed by atoms with Gasteiger partial charge in [-0.3, -0.25) is 0 Å². The topological polar surface area (TPSA) is 89.5 Å². The van der Waals surface area contributed by atoms with Crippen molar-refractivity contribution in [2.24, 2.45) is 0 Å². The lowest BCUT2D eigenvalue weighted by Crippen LogP contribution is -1.91. The van der Waals surface area contributed by atoms with E-state index in [1.54, 1.807) is 31.9 Å². The van der Waals surface area contributed by atoms with Gasteiger partial charge in [0.15, 0.2) is 5.82 Å². The summed E-state index contributed by atoms with van der Waals surface area (Å²) in [6.45, 7) is 0. The van der Waals surface area contributed by atoms with Gasteiger partial charge in [0.25, 0.3) is 0 Å². The van der Waals surface area contributed by atoms with Gasteiger partial charge in [-0.1, -0.05) is 0 Å². The summed E-state index contributed by atoms with van der Waals surface area (Å²) in [5, 5.41) is 2.02. The molecule has 4 aromatic heterocycles. The molecule has 4 rings (SSSR count). The standard InChI is InChI=1S/C14H9ClN6O/c1-22-11-2-10-8(5-16-11)9-6-17-12(21-13(9)20-10)7-3-18-14(15)19-4-7/h2-6H,1H3,(H,17,20,21). The minimum atomic E-state index is 0.189. The number of H-pyrrole nitrogens is 1. The maximum Gasteiger partial charge on any atom is 0.222 e. The Morgan fingerprint density at radius 3 is 2.55 bits per heavy atom. The molecule has 4 aromatic rings. The SMILES string of the molecule is COc1cc2[nH]c3nc(-c4cnc(Cl)nc4)ncc3c2cn1. The second kappa shape index (κ2) is 4.88. The second-order valence-corrected chi connectivity index (χ2v) is 4.93. The number of nitrogens with one attached hydrogen (secondary N) is 1. The molecular weight excluding hydrogens is 304 g/mol. The molecule has 0 unspecified atom stereocenters. The molecule has 0 saturated carbocycles. The second-order valence-electron chi connectivity index (χ2n) is 4.59. The molecule has 0 spiro atoms. The molecule has 0 aliphatic carbocycles. The number of rotatable bonds is 2. The van der Waals surface area contributed by atoms with E-state index in [0.717, 1.165) is 16.3 Å². The highest BCUT2D eigenvalue weighted by Crippen LogP contribution is 2.26. The molecule has 0 aliphatic heterocycles. The Hall–Kier alpha value is -2.80. The summed E-state index contributed by atoms with van der Waals surface area (Å²) in [6, 6.07) is 1.82. The van der Waals surface area contributed by atoms with Crippen LogP contribution in [0.15, 0.2) is 30.9 Å². The van der Waals surface area contributed by atoms with Crippen molar-refractivity contribution in [1.29, 1.82) is 0 Å². The molecule has 0 aliphatic rings. The summed E-state index contributed by atoms with van der Waals surface area (Å²) in [4.78, 5) is 24.2. The lowest BCUT2D eigenvalue weighted by atomic mass is 10.2. The van der Waals surface area contributed by atoms with E-state index in [9.17, 15) is 0 Å². The molecule has 0 atom stereocenters. The van der Waals surface area contributed by atoms with E-state index in [4.69, 9.17) is 16.3 Å². The largest absolute Gasteiger partial charge is 0.481 e. The molecule has 1 N–H and O–H groups in total. The van der Waals surface area contributed by atoms with Crippen LogP contribution in [0.2, 0.25) is 5.28 Å². The first-order valence-electron chi connectivity index (χ1n) is 6.41. The van der Waals surface area contributed by atoms with Crippen LogP contribution in [-0.4, -0.2) is 37.0 Å². The zero-order valence-corrected chi connectivity index (χ0v) is 12.2. The van der Waals surface area contributed by atoms with Gasteiger partial charge in [-0.25, -0.2) is 24.9 Å². The van der Waals surface area contributed by atoms with Crippen molar-refractivity contribution in [2.75, 3.05) is 7.11 Å². The van der Waals surface area contributed by atoms with Crippen LogP contribution in [0.3, 0.4) is 0 Å². The van der Waals surface area contributed by atoms with Gasteiger partial charge in [0.1, 0.15) is 5.65 Å². The molecule has 0 aromatic carbocycles. The van der Waals surface area contributed by atoms with Crippen molar-refractivity contribution in [1.82, 2.24) is 29.9 Å². The minimum Gasteiger partial charge on any atom is -0.481 e. The lowest BCUT2D eigenvalue weighted by Gasteiger charge is -1.99. The van der Waals surface area contributed by atoms with Gasteiger partial charge in [0.2, 0.25) is 11.2 Å². The number of fused-ring (bicyclic) bond motifs is 3. The minimum absolute atomic E-state index is 0.189. The summed E-state index contributed by atoms with van der Waals surface area (Å²) < 4.78 is 5.13. The zero-order chi connectivity index (χ0) is 15.1. The van der Waals surface area contributed by atoms with E-state index >= 15 is 0 Å². The molecule has 0 amide bonds. The Morgan fingerprint density at radius 2 is 1.77 bits per heavy atom. The highest BCUT2D eigenvalue weighted by atomic mass is 35.5. The number of pyridine rings is 1. The molecule has 4 heterocycles. The number of methoxy groups -OCH3 is 1. The van der Waals surface area contributed by atoms with Crippen LogP contribution in [-0.2, 0) is 0 Å². The molecular formula is C14H9ClN6O. The van der Waals surface area contributed by atoms with Crippen molar-refractivity contribution in [3.63, 3.8) is 0 Å². The fourth-order valence-corrected chi connectivity index (χ4v) is 2.33. The van der Waals surface area contributed by atoms with Crippen LogP contribution in [0.4, 0.5) is 0 Å². The van der Waals surface area contributed by atoms with Crippen LogP contribution < -0.4 is 4.74 Å². The molecule has 8 heteroatoms. The van der Waals surface area contributed by atoms with Gasteiger partial charge < -0.3 is 9.72 Å². The fourth-order valence-electron chi connectivity index (χ4n) is 2.23.